The summed E-state index contributed by atoms with van der Waals surface area (Å²) in [6.07, 6.45) is 6.41. The van der Waals surface area contributed by atoms with Crippen molar-refractivity contribution < 1.29 is 19.2 Å². The zero-order valence-corrected chi connectivity index (χ0v) is 25.0. The van der Waals surface area contributed by atoms with Crippen LogP contribution < -0.4 is 5.32 Å². The molecule has 1 unspecified atom stereocenters. The van der Waals surface area contributed by atoms with E-state index in [4.69, 9.17) is 0 Å². The van der Waals surface area contributed by atoms with E-state index in [1.54, 1.807) is 23.2 Å². The molecule has 0 aromatic heterocycles. The van der Waals surface area contributed by atoms with Gasteiger partial charge in [0.05, 0.1) is 11.3 Å². The summed E-state index contributed by atoms with van der Waals surface area (Å²) in [5.41, 5.74) is 6.58. The number of allylic oxidation sites excluding steroid dienone is 5. The van der Waals surface area contributed by atoms with Crippen LogP contribution in [-0.2, 0) is 19.8 Å². The molecule has 0 fully saturated rings. The van der Waals surface area contributed by atoms with Crippen LogP contribution in [0.3, 0.4) is 0 Å². The third-order valence-corrected chi connectivity index (χ3v) is 8.16. The fourth-order valence-electron chi connectivity index (χ4n) is 5.75. The Morgan fingerprint density at radius 1 is 0.750 bits per heavy atom. The highest BCUT2D eigenvalue weighted by Gasteiger charge is 2.39. The maximum absolute atomic E-state index is 13.8. The molecule has 0 saturated heterocycles. The van der Waals surface area contributed by atoms with Gasteiger partial charge in [0.25, 0.3) is 11.8 Å². The summed E-state index contributed by atoms with van der Waals surface area (Å²) in [6, 6.07) is 25.0. The average Bonchev–Trinajstić information content (AvgIpc) is 3.30. The Kier molecular flexibility index (Phi) is 7.22. The van der Waals surface area contributed by atoms with Gasteiger partial charge < -0.3 is 5.32 Å². The highest BCUT2D eigenvalue weighted by molar-refractivity contribution is 6.34. The molecule has 3 aromatic rings. The summed E-state index contributed by atoms with van der Waals surface area (Å²) < 4.78 is 0. The monoisotopic (exact) mass is 580 g/mol. The first-order chi connectivity index (χ1) is 21.0. The normalized spacial score (nSPS) is 20.0. The molecule has 2 aliphatic heterocycles. The lowest BCUT2D eigenvalue weighted by Gasteiger charge is -2.26. The number of ketones is 2. The number of hydrogen-bond acceptors (Lipinski definition) is 4. The van der Waals surface area contributed by atoms with Gasteiger partial charge in [0.1, 0.15) is 0 Å². The molecule has 6 heteroatoms. The van der Waals surface area contributed by atoms with E-state index in [1.807, 2.05) is 85.8 Å². The third kappa shape index (κ3) is 5.09. The summed E-state index contributed by atoms with van der Waals surface area (Å²) >= 11 is 0. The minimum Gasteiger partial charge on any atom is -0.335 e. The number of fused-ring (bicyclic) bond motifs is 1. The second kappa shape index (κ2) is 11.0. The van der Waals surface area contributed by atoms with Crippen molar-refractivity contribution in [2.45, 2.75) is 39.2 Å². The van der Waals surface area contributed by atoms with E-state index in [1.165, 1.54) is 12.2 Å². The number of carbonyl (C=O) groups is 4. The van der Waals surface area contributed by atoms with E-state index in [0.29, 0.717) is 33.6 Å². The van der Waals surface area contributed by atoms with Crippen molar-refractivity contribution in [2.24, 2.45) is 0 Å². The van der Waals surface area contributed by atoms with Crippen molar-refractivity contribution >= 4 is 34.5 Å². The molecule has 0 spiro atoms. The zero-order valence-electron chi connectivity index (χ0n) is 25.0. The molecular weight excluding hydrogens is 548 g/mol. The van der Waals surface area contributed by atoms with Gasteiger partial charge in [0.15, 0.2) is 17.6 Å². The van der Waals surface area contributed by atoms with Crippen LogP contribution in [0.15, 0.2) is 132 Å². The van der Waals surface area contributed by atoms with Crippen LogP contribution in [0.1, 0.15) is 54.7 Å². The molecule has 3 aromatic carbocycles. The van der Waals surface area contributed by atoms with E-state index >= 15 is 0 Å². The summed E-state index contributed by atoms with van der Waals surface area (Å²) in [5.74, 6) is -1.64. The first kappa shape index (κ1) is 28.7. The van der Waals surface area contributed by atoms with Crippen LogP contribution in [0.25, 0.3) is 11.1 Å². The van der Waals surface area contributed by atoms with Gasteiger partial charge in [-0.2, -0.15) is 0 Å². The second-order valence-corrected chi connectivity index (χ2v) is 12.2. The molecule has 218 valence electrons. The van der Waals surface area contributed by atoms with Gasteiger partial charge in [-0.1, -0.05) is 93.6 Å². The first-order valence-corrected chi connectivity index (χ1v) is 14.6. The topological polar surface area (TPSA) is 83.6 Å². The SMILES string of the molecule is CC1=CN2C(=O)C(c3ccccc3)=C(c3ccccc3)C2=CC1=C1C=CC(=O)C(NC(=O)c2ccc(C(C)(C)C)cc2)C1=O. The number of Topliss-reactive ketones (excluding diaryl/α,β-unsaturated/α-hetero) is 1. The van der Waals surface area contributed by atoms with Gasteiger partial charge >= 0.3 is 0 Å². The quantitative estimate of drug-likeness (QED) is 0.288. The number of rotatable bonds is 4. The minimum atomic E-state index is -1.35. The van der Waals surface area contributed by atoms with Gasteiger partial charge in [-0.3, -0.25) is 24.1 Å². The maximum atomic E-state index is 13.8. The van der Waals surface area contributed by atoms with Gasteiger partial charge in [-0.15, -0.1) is 0 Å². The molecule has 1 atom stereocenters. The van der Waals surface area contributed by atoms with Crippen molar-refractivity contribution in [1.29, 1.82) is 0 Å². The molecule has 2 amide bonds. The Hall–Kier alpha value is -5.36. The van der Waals surface area contributed by atoms with E-state index in [9.17, 15) is 19.2 Å². The lowest BCUT2D eigenvalue weighted by Crippen LogP contribution is -2.48. The smallest absolute Gasteiger partial charge is 0.263 e. The number of benzene rings is 3. The van der Waals surface area contributed by atoms with Crippen molar-refractivity contribution in [1.82, 2.24) is 10.2 Å². The van der Waals surface area contributed by atoms with Crippen LogP contribution >= 0.6 is 0 Å². The number of amides is 2. The Morgan fingerprint density at radius 2 is 1.34 bits per heavy atom. The van der Waals surface area contributed by atoms with Crippen molar-refractivity contribution in [3.8, 4) is 0 Å². The molecule has 6 nitrogen and oxygen atoms in total. The van der Waals surface area contributed by atoms with Crippen molar-refractivity contribution in [3.05, 3.63) is 154 Å². The number of hydrogen-bond donors (Lipinski definition) is 1. The molecule has 6 rings (SSSR count). The highest BCUT2D eigenvalue weighted by atomic mass is 16.2. The summed E-state index contributed by atoms with van der Waals surface area (Å²) in [7, 11) is 0. The molecule has 1 aliphatic carbocycles. The Morgan fingerprint density at radius 3 is 1.93 bits per heavy atom. The Bertz CT molecular complexity index is 1870. The zero-order chi connectivity index (χ0) is 31.2. The Labute approximate surface area is 256 Å². The highest BCUT2D eigenvalue weighted by Crippen LogP contribution is 2.45. The molecule has 3 aliphatic rings. The fourth-order valence-corrected chi connectivity index (χ4v) is 5.75. The van der Waals surface area contributed by atoms with Gasteiger partial charge in [-0.05, 0) is 70.5 Å². The molecule has 0 radical (unpaired) electrons. The van der Waals surface area contributed by atoms with Crippen LogP contribution in [0.5, 0.6) is 0 Å². The predicted octanol–water partition coefficient (Wildman–Crippen LogP) is 6.34. The molecule has 0 saturated carbocycles. The van der Waals surface area contributed by atoms with E-state index in [-0.39, 0.29) is 11.3 Å². The van der Waals surface area contributed by atoms with Crippen molar-refractivity contribution in [3.63, 3.8) is 0 Å². The summed E-state index contributed by atoms with van der Waals surface area (Å²) in [5, 5.41) is 2.66. The first-order valence-electron chi connectivity index (χ1n) is 14.6. The summed E-state index contributed by atoms with van der Waals surface area (Å²) in [6.45, 7) is 8.08. The fraction of sp³-hybridized carbons (Fsp3) is 0.158. The predicted molar refractivity (Wildman–Crippen MR) is 171 cm³/mol. The van der Waals surface area contributed by atoms with Crippen LogP contribution in [0, 0.1) is 0 Å². The lowest BCUT2D eigenvalue weighted by molar-refractivity contribution is -0.125. The Balaban J connectivity index is 1.39. The van der Waals surface area contributed by atoms with Crippen molar-refractivity contribution in [2.75, 3.05) is 0 Å². The standard InChI is InChI=1S/C38H32N2O4/c1-23-22-40-30(32(24-11-7-5-8-12-24)33(37(40)44)25-13-9-6-10-14-25)21-29(23)28-19-20-31(41)34(35(28)42)39-36(43)26-15-17-27(18-16-26)38(2,3)4/h5-22,34H,1-4H3,(H,39,43). The number of carbonyl (C=O) groups excluding carboxylic acids is 4. The van der Waals surface area contributed by atoms with Gasteiger partial charge in [-0.25, -0.2) is 0 Å². The van der Waals surface area contributed by atoms with E-state index in [2.05, 4.69) is 26.1 Å². The van der Waals surface area contributed by atoms with E-state index < -0.39 is 23.5 Å². The van der Waals surface area contributed by atoms with Gasteiger partial charge in [0, 0.05) is 22.9 Å². The second-order valence-electron chi connectivity index (χ2n) is 12.2. The molecule has 44 heavy (non-hydrogen) atoms. The number of nitrogens with one attached hydrogen (secondary N) is 1. The summed E-state index contributed by atoms with van der Waals surface area (Å²) in [4.78, 5) is 55.3. The number of nitrogens with zero attached hydrogens (tertiary/aromatic N) is 1. The molecule has 1 N–H and O–H groups in total. The van der Waals surface area contributed by atoms with E-state index in [0.717, 1.165) is 22.3 Å². The maximum Gasteiger partial charge on any atom is 0.263 e. The van der Waals surface area contributed by atoms with Crippen LogP contribution in [-0.4, -0.2) is 34.3 Å². The van der Waals surface area contributed by atoms with Crippen LogP contribution in [0.2, 0.25) is 0 Å². The molecule has 0 bridgehead atoms. The lowest BCUT2D eigenvalue weighted by atomic mass is 9.86. The van der Waals surface area contributed by atoms with Crippen LogP contribution in [0.4, 0.5) is 0 Å². The third-order valence-electron chi connectivity index (χ3n) is 8.16. The molecule has 2 heterocycles. The van der Waals surface area contributed by atoms with Gasteiger partial charge in [0.2, 0.25) is 0 Å². The average molecular weight is 581 g/mol. The largest absolute Gasteiger partial charge is 0.335 e. The minimum absolute atomic E-state index is 0.0764. The molecular formula is C38H32N2O4.